The molecule has 0 aromatic heterocycles. The number of rotatable bonds is 2. The fourth-order valence-corrected chi connectivity index (χ4v) is 3.16. The SMILES string of the molecule is Bc1c(B)c(Bc2cc(C)ccc2C)c2c(c1B)B2. The van der Waals surface area contributed by atoms with Crippen molar-refractivity contribution in [1.29, 1.82) is 0 Å². The molecule has 0 nitrogen and oxygen atoms in total. The summed E-state index contributed by atoms with van der Waals surface area (Å²) in [6.07, 6.45) is 0. The molecule has 19 heavy (non-hydrogen) atoms. The highest BCUT2D eigenvalue weighted by Crippen LogP contribution is 1.98. The van der Waals surface area contributed by atoms with E-state index in [1.165, 1.54) is 40.3 Å². The van der Waals surface area contributed by atoms with E-state index in [1.54, 1.807) is 16.4 Å². The van der Waals surface area contributed by atoms with E-state index >= 15 is 0 Å². The van der Waals surface area contributed by atoms with Crippen molar-refractivity contribution in [2.45, 2.75) is 13.8 Å². The maximum Gasteiger partial charge on any atom is 0.191 e. The van der Waals surface area contributed by atoms with Gasteiger partial charge >= 0.3 is 0 Å². The van der Waals surface area contributed by atoms with Crippen LogP contribution in [0.4, 0.5) is 0 Å². The minimum absolute atomic E-state index is 1.10. The highest BCUT2D eigenvalue weighted by atomic mass is 14.1. The number of hydrogen-bond donors (Lipinski definition) is 0. The molecular weight excluding hydrogens is 222 g/mol. The molecule has 0 N–H and O–H groups in total. The molecule has 2 aromatic carbocycles. The molecule has 0 amide bonds. The number of fused-ring (bicyclic) bond motifs is 1. The van der Waals surface area contributed by atoms with Crippen molar-refractivity contribution < 1.29 is 0 Å². The quantitative estimate of drug-likeness (QED) is 0.391. The molecule has 0 saturated carbocycles. The van der Waals surface area contributed by atoms with Crippen LogP contribution in [0.15, 0.2) is 18.2 Å². The van der Waals surface area contributed by atoms with Gasteiger partial charge in [-0.1, -0.05) is 51.2 Å². The zero-order chi connectivity index (χ0) is 13.7. The maximum atomic E-state index is 2.35. The van der Waals surface area contributed by atoms with Crippen LogP contribution >= 0.6 is 0 Å². The summed E-state index contributed by atoms with van der Waals surface area (Å²) in [5, 5.41) is 0. The Morgan fingerprint density at radius 1 is 0.947 bits per heavy atom. The molecule has 5 heteroatoms. The van der Waals surface area contributed by atoms with Crippen molar-refractivity contribution in [3.63, 3.8) is 0 Å². The van der Waals surface area contributed by atoms with E-state index in [1.807, 2.05) is 0 Å². The highest BCUT2D eigenvalue weighted by Gasteiger charge is 2.28. The first-order chi connectivity index (χ1) is 8.99. The van der Waals surface area contributed by atoms with Gasteiger partial charge in [0.05, 0.1) is 0 Å². The molecule has 1 aliphatic rings. The third kappa shape index (κ3) is 2.10. The lowest BCUT2D eigenvalue weighted by Crippen LogP contribution is -2.57. The van der Waals surface area contributed by atoms with Crippen LogP contribution in [0.25, 0.3) is 0 Å². The number of aryl methyl sites for hydroxylation is 2. The van der Waals surface area contributed by atoms with Crippen LogP contribution in [0.3, 0.4) is 0 Å². The van der Waals surface area contributed by atoms with Crippen LogP contribution in [0.5, 0.6) is 0 Å². The first-order valence-electron chi connectivity index (χ1n) is 7.15. The van der Waals surface area contributed by atoms with Crippen molar-refractivity contribution in [1.82, 2.24) is 0 Å². The van der Waals surface area contributed by atoms with Crippen LogP contribution in [0.2, 0.25) is 0 Å². The van der Waals surface area contributed by atoms with Gasteiger partial charge in [0.2, 0.25) is 0 Å². The van der Waals surface area contributed by atoms with Crippen LogP contribution < -0.4 is 38.2 Å². The van der Waals surface area contributed by atoms with Gasteiger partial charge in [-0.2, -0.15) is 0 Å². The van der Waals surface area contributed by atoms with Crippen molar-refractivity contribution in [2.75, 3.05) is 0 Å². The Morgan fingerprint density at radius 2 is 1.68 bits per heavy atom. The summed E-state index contributed by atoms with van der Waals surface area (Å²) in [5.74, 6) is 0. The fourth-order valence-electron chi connectivity index (χ4n) is 3.16. The Morgan fingerprint density at radius 3 is 2.42 bits per heavy atom. The van der Waals surface area contributed by atoms with E-state index in [-0.39, 0.29) is 0 Å². The Balaban J connectivity index is 2.06. The number of hydrogen-bond acceptors (Lipinski definition) is 0. The summed E-state index contributed by atoms with van der Waals surface area (Å²) in [4.78, 5) is 0. The van der Waals surface area contributed by atoms with Gasteiger partial charge in [0, 0.05) is 0 Å². The molecule has 0 spiro atoms. The van der Waals surface area contributed by atoms with Gasteiger partial charge in [0.15, 0.2) is 14.6 Å². The molecule has 88 valence electrons. The Hall–Kier alpha value is -1.24. The lowest BCUT2D eigenvalue weighted by Gasteiger charge is -2.13. The van der Waals surface area contributed by atoms with E-state index in [0.29, 0.717) is 0 Å². The summed E-state index contributed by atoms with van der Waals surface area (Å²) in [5.41, 5.74) is 13.6. The van der Waals surface area contributed by atoms with Gasteiger partial charge in [-0.05, 0) is 13.8 Å². The molecule has 0 bridgehead atoms. The van der Waals surface area contributed by atoms with Gasteiger partial charge in [-0.15, -0.1) is 16.4 Å². The second-order valence-corrected chi connectivity index (χ2v) is 6.09. The van der Waals surface area contributed by atoms with Crippen LogP contribution in [-0.4, -0.2) is 38.1 Å². The lowest BCUT2D eigenvalue weighted by molar-refractivity contribution is 1.43. The molecule has 0 saturated heterocycles. The zero-order valence-corrected chi connectivity index (χ0v) is 12.6. The summed E-state index contributed by atoms with van der Waals surface area (Å²) in [6, 6.07) is 6.80. The van der Waals surface area contributed by atoms with E-state index < -0.39 is 0 Å². The summed E-state index contributed by atoms with van der Waals surface area (Å²) < 4.78 is 0. The second-order valence-electron chi connectivity index (χ2n) is 6.09. The Bertz CT molecular complexity index is 691. The third-order valence-corrected chi connectivity index (χ3v) is 4.86. The van der Waals surface area contributed by atoms with Crippen LogP contribution in [0, 0.1) is 13.8 Å². The normalized spacial score (nSPS) is 11.7. The molecule has 0 atom stereocenters. The molecule has 0 radical (unpaired) electrons. The third-order valence-electron chi connectivity index (χ3n) is 4.86. The molecule has 0 fully saturated rings. The molecule has 3 rings (SSSR count). The summed E-state index contributed by atoms with van der Waals surface area (Å²) >= 11 is 0. The minimum Gasteiger partial charge on any atom is -0.102 e. The average Bonchev–Trinajstić information content (AvgIpc) is 3.16. The zero-order valence-electron chi connectivity index (χ0n) is 12.6. The standard InChI is InChI=1S/C14H17B5/c1-6-3-4-7(2)8(5-6)18-12-10(16)9(15)11(17)13-14(12)19-13/h3-5,18-19H,15-17H2,1-2H3. The monoisotopic (exact) mass is 240 g/mol. The predicted octanol–water partition coefficient (Wildman–Crippen LogP) is -5.83. The van der Waals surface area contributed by atoms with Gasteiger partial charge in [0.25, 0.3) is 0 Å². The summed E-state index contributed by atoms with van der Waals surface area (Å²) in [7, 11) is 9.16. The van der Waals surface area contributed by atoms with E-state index in [4.69, 9.17) is 0 Å². The topological polar surface area (TPSA) is 0 Å². The van der Waals surface area contributed by atoms with Crippen LogP contribution in [-0.2, 0) is 0 Å². The molecular formula is C14H17B5. The van der Waals surface area contributed by atoms with Crippen LogP contribution in [0.1, 0.15) is 11.1 Å². The Kier molecular flexibility index (Phi) is 2.96. The van der Waals surface area contributed by atoms with Gasteiger partial charge in [0.1, 0.15) is 23.5 Å². The molecule has 0 aliphatic carbocycles. The Labute approximate surface area is 120 Å². The molecule has 0 unspecified atom stereocenters. The van der Waals surface area contributed by atoms with Crippen molar-refractivity contribution in [2.24, 2.45) is 0 Å². The maximum absolute atomic E-state index is 2.35. The van der Waals surface area contributed by atoms with Gasteiger partial charge in [-0.25, -0.2) is 0 Å². The first kappa shape index (κ1) is 12.8. The minimum atomic E-state index is 1.10. The van der Waals surface area contributed by atoms with E-state index in [2.05, 4.69) is 55.6 Å². The molecule has 1 aliphatic heterocycles. The lowest BCUT2D eigenvalue weighted by atomic mass is 9.55. The second kappa shape index (κ2) is 4.40. The largest absolute Gasteiger partial charge is 0.191 e. The fraction of sp³-hybridized carbons (Fsp3) is 0.143. The van der Waals surface area contributed by atoms with Crippen molar-refractivity contribution >= 4 is 76.3 Å². The summed E-state index contributed by atoms with van der Waals surface area (Å²) in [6.45, 7) is 4.41. The average molecular weight is 239 g/mol. The van der Waals surface area contributed by atoms with Crippen molar-refractivity contribution in [3.05, 3.63) is 29.3 Å². The molecule has 2 aromatic rings. The predicted molar refractivity (Wildman–Crippen MR) is 99.7 cm³/mol. The smallest absolute Gasteiger partial charge is 0.102 e. The van der Waals surface area contributed by atoms with Gasteiger partial charge in [-0.3, -0.25) is 0 Å². The number of benzene rings is 2. The van der Waals surface area contributed by atoms with E-state index in [9.17, 15) is 0 Å². The van der Waals surface area contributed by atoms with E-state index in [0.717, 1.165) is 7.28 Å². The molecule has 1 heterocycles. The van der Waals surface area contributed by atoms with Gasteiger partial charge < -0.3 is 0 Å². The first-order valence-corrected chi connectivity index (χ1v) is 7.15. The van der Waals surface area contributed by atoms with Crippen molar-refractivity contribution in [3.8, 4) is 0 Å². The highest BCUT2D eigenvalue weighted by molar-refractivity contribution is 6.98.